The van der Waals surface area contributed by atoms with Gasteiger partial charge in [-0.05, 0) is 70.4 Å². The molecule has 0 spiro atoms. The molecule has 7 heteroatoms. The molecule has 0 aromatic rings. The molecule has 0 aliphatic carbocycles. The minimum Gasteiger partial charge on any atom is -0.466 e. The quantitative estimate of drug-likeness (QED) is 0.111. The number of cyclic esters (lactones) is 2. The third-order valence-corrected chi connectivity index (χ3v) is 12.2. The van der Waals surface area contributed by atoms with E-state index in [-0.39, 0.29) is 23.8 Å². The van der Waals surface area contributed by atoms with Crippen LogP contribution in [-0.4, -0.2) is 62.8 Å². The van der Waals surface area contributed by atoms with E-state index in [4.69, 9.17) is 14.2 Å². The van der Waals surface area contributed by atoms with Gasteiger partial charge in [0.15, 0.2) is 0 Å². The zero-order valence-electron chi connectivity index (χ0n) is 37.0. The molecule has 1 heterocycles. The highest BCUT2D eigenvalue weighted by Gasteiger charge is 2.20. The van der Waals surface area contributed by atoms with Crippen LogP contribution in [0.2, 0.25) is 0 Å². The number of esters is 3. The molecule has 55 heavy (non-hydrogen) atoms. The van der Waals surface area contributed by atoms with Crippen molar-refractivity contribution >= 4 is 17.9 Å². The molecule has 0 aromatic carbocycles. The predicted molar refractivity (Wildman–Crippen MR) is 230 cm³/mol. The number of ether oxygens (including phenoxy) is 3. The molecule has 0 N–H and O–H groups in total. The van der Waals surface area contributed by atoms with Gasteiger partial charge < -0.3 is 19.1 Å². The van der Waals surface area contributed by atoms with Crippen molar-refractivity contribution in [2.75, 3.05) is 40.0 Å². The standard InChI is InChI=1S/C48H91NO6/c1-5-8-29-43-31-22-20-21-23-32-44(30-9-6-2)38-42-54-47(51)36-27-19-15-11-13-17-25-34-45(48(52)55-40-28-39-49(4)7-3)33-24-16-12-10-14-18-26-35-46(50)53-41-37-43/h43-45H,5-42H2,1-4H3. The first-order chi connectivity index (χ1) is 26.9. The summed E-state index contributed by atoms with van der Waals surface area (Å²) in [5.41, 5.74) is 0. The van der Waals surface area contributed by atoms with Crippen LogP contribution in [0.5, 0.6) is 0 Å². The molecule has 1 aliphatic heterocycles. The molecular formula is C48H91NO6. The number of unbranched alkanes of at least 4 members (excludes halogenated alkanes) is 2. The molecule has 0 saturated carbocycles. The highest BCUT2D eigenvalue weighted by molar-refractivity contribution is 5.72. The van der Waals surface area contributed by atoms with Crippen molar-refractivity contribution in [2.45, 2.75) is 233 Å². The Hall–Kier alpha value is -1.63. The zero-order valence-corrected chi connectivity index (χ0v) is 37.0. The summed E-state index contributed by atoms with van der Waals surface area (Å²) in [5.74, 6) is 1.28. The summed E-state index contributed by atoms with van der Waals surface area (Å²) in [4.78, 5) is 40.3. The van der Waals surface area contributed by atoms with Gasteiger partial charge in [-0.2, -0.15) is 0 Å². The Bertz CT molecular complexity index is 840. The molecule has 2 unspecified atom stereocenters. The molecule has 1 rings (SSSR count). The van der Waals surface area contributed by atoms with Gasteiger partial charge in [0.2, 0.25) is 0 Å². The van der Waals surface area contributed by atoms with Gasteiger partial charge in [-0.25, -0.2) is 0 Å². The summed E-state index contributed by atoms with van der Waals surface area (Å²) >= 11 is 0. The third-order valence-electron chi connectivity index (χ3n) is 12.2. The largest absolute Gasteiger partial charge is 0.466 e. The monoisotopic (exact) mass is 778 g/mol. The Labute approximate surface area is 340 Å². The van der Waals surface area contributed by atoms with E-state index in [1.807, 2.05) is 0 Å². The van der Waals surface area contributed by atoms with Gasteiger partial charge >= 0.3 is 17.9 Å². The van der Waals surface area contributed by atoms with E-state index < -0.39 is 0 Å². The van der Waals surface area contributed by atoms with Crippen LogP contribution in [0.4, 0.5) is 0 Å². The van der Waals surface area contributed by atoms with E-state index in [1.165, 1.54) is 103 Å². The Kier molecular flexibility index (Phi) is 35.4. The summed E-state index contributed by atoms with van der Waals surface area (Å²) < 4.78 is 17.2. The van der Waals surface area contributed by atoms with Gasteiger partial charge in [0, 0.05) is 19.4 Å². The Morgan fingerprint density at radius 3 is 1.38 bits per heavy atom. The molecule has 0 aromatic heterocycles. The topological polar surface area (TPSA) is 82.1 Å². The van der Waals surface area contributed by atoms with Crippen molar-refractivity contribution < 1.29 is 28.6 Å². The van der Waals surface area contributed by atoms with Crippen molar-refractivity contribution in [3.05, 3.63) is 0 Å². The molecular weight excluding hydrogens is 687 g/mol. The highest BCUT2D eigenvalue weighted by atomic mass is 16.5. The van der Waals surface area contributed by atoms with E-state index in [0.717, 1.165) is 109 Å². The van der Waals surface area contributed by atoms with Crippen LogP contribution in [0.1, 0.15) is 233 Å². The first-order valence-corrected chi connectivity index (χ1v) is 24.1. The van der Waals surface area contributed by atoms with Crippen LogP contribution in [0, 0.1) is 17.8 Å². The van der Waals surface area contributed by atoms with Crippen molar-refractivity contribution in [3.8, 4) is 0 Å². The number of hydrogen-bond donors (Lipinski definition) is 0. The van der Waals surface area contributed by atoms with Crippen LogP contribution < -0.4 is 0 Å². The van der Waals surface area contributed by atoms with Gasteiger partial charge in [0.05, 0.1) is 25.7 Å². The van der Waals surface area contributed by atoms with Crippen LogP contribution >= 0.6 is 0 Å². The average Bonchev–Trinajstić information content (AvgIpc) is 3.18. The summed E-state index contributed by atoms with van der Waals surface area (Å²) in [7, 11) is 2.10. The number of carbonyl (C=O) groups excluding carboxylic acids is 3. The summed E-state index contributed by atoms with van der Waals surface area (Å²) in [6.07, 6.45) is 36.4. The fourth-order valence-electron chi connectivity index (χ4n) is 8.15. The maximum Gasteiger partial charge on any atom is 0.308 e. The smallest absolute Gasteiger partial charge is 0.308 e. The number of rotatable bonds is 12. The van der Waals surface area contributed by atoms with Gasteiger partial charge in [0.1, 0.15) is 0 Å². The van der Waals surface area contributed by atoms with E-state index in [2.05, 4.69) is 32.7 Å². The lowest BCUT2D eigenvalue weighted by Crippen LogP contribution is -2.23. The second-order valence-corrected chi connectivity index (χ2v) is 17.2. The molecule has 7 nitrogen and oxygen atoms in total. The van der Waals surface area contributed by atoms with Gasteiger partial charge in [0.25, 0.3) is 0 Å². The fourth-order valence-corrected chi connectivity index (χ4v) is 8.15. The SMILES string of the molecule is CCCCC1CCCCCCC(CCCC)CCOC(=O)CCCCCCCCCC(C(=O)OCCCN(C)CC)CCCCCCCCCC(=O)OCC1. The Morgan fingerprint density at radius 2 is 0.964 bits per heavy atom. The zero-order chi connectivity index (χ0) is 40.0. The second kappa shape index (κ2) is 37.9. The lowest BCUT2D eigenvalue weighted by Gasteiger charge is -2.18. The minimum atomic E-state index is -0.0235. The number of hydrogen-bond acceptors (Lipinski definition) is 7. The first kappa shape index (κ1) is 51.4. The Morgan fingerprint density at radius 1 is 0.564 bits per heavy atom. The number of carbonyl (C=O) groups is 3. The normalized spacial score (nSPS) is 23.5. The van der Waals surface area contributed by atoms with Crippen molar-refractivity contribution in [3.63, 3.8) is 0 Å². The molecule has 2 atom stereocenters. The van der Waals surface area contributed by atoms with Crippen molar-refractivity contribution in [1.29, 1.82) is 0 Å². The van der Waals surface area contributed by atoms with E-state index in [9.17, 15) is 14.4 Å². The van der Waals surface area contributed by atoms with Gasteiger partial charge in [-0.1, -0.05) is 175 Å². The lowest BCUT2D eigenvalue weighted by molar-refractivity contribution is -0.149. The third kappa shape index (κ3) is 32.1. The maximum atomic E-state index is 13.1. The Balaban J connectivity index is 2.62. The molecule has 0 amide bonds. The van der Waals surface area contributed by atoms with Crippen LogP contribution in [-0.2, 0) is 28.6 Å². The summed E-state index contributed by atoms with van der Waals surface area (Å²) in [6, 6.07) is 0. The molecule has 1 aliphatic rings. The molecule has 1 saturated heterocycles. The molecule has 1 fully saturated rings. The predicted octanol–water partition coefficient (Wildman–Crippen LogP) is 13.3. The first-order valence-electron chi connectivity index (χ1n) is 24.1. The van der Waals surface area contributed by atoms with Gasteiger partial charge in [-0.3, -0.25) is 14.4 Å². The summed E-state index contributed by atoms with van der Waals surface area (Å²) in [6.45, 7) is 10.3. The number of nitrogens with zero attached hydrogens (tertiary/aromatic N) is 1. The maximum absolute atomic E-state index is 13.1. The van der Waals surface area contributed by atoms with Crippen LogP contribution in [0.15, 0.2) is 0 Å². The average molecular weight is 778 g/mol. The van der Waals surface area contributed by atoms with Crippen molar-refractivity contribution in [1.82, 2.24) is 4.90 Å². The minimum absolute atomic E-state index is 0.00426. The molecule has 0 bridgehead atoms. The van der Waals surface area contributed by atoms with Crippen molar-refractivity contribution in [2.24, 2.45) is 17.8 Å². The van der Waals surface area contributed by atoms with E-state index >= 15 is 0 Å². The molecule has 0 radical (unpaired) electrons. The lowest BCUT2D eigenvalue weighted by atomic mass is 9.90. The van der Waals surface area contributed by atoms with Crippen LogP contribution in [0.25, 0.3) is 0 Å². The van der Waals surface area contributed by atoms with Gasteiger partial charge in [-0.15, -0.1) is 0 Å². The summed E-state index contributed by atoms with van der Waals surface area (Å²) in [5, 5.41) is 0. The van der Waals surface area contributed by atoms with Crippen LogP contribution in [0.3, 0.4) is 0 Å². The van der Waals surface area contributed by atoms with E-state index in [1.54, 1.807) is 0 Å². The van der Waals surface area contributed by atoms with E-state index in [0.29, 0.717) is 44.5 Å². The second-order valence-electron chi connectivity index (χ2n) is 17.2. The fraction of sp³-hybridized carbons (Fsp3) is 0.938. The molecule has 324 valence electrons. The highest BCUT2D eigenvalue weighted by Crippen LogP contribution is 2.25.